The molecule has 2 aromatic carbocycles. The van der Waals surface area contributed by atoms with Crippen LogP contribution in [-0.4, -0.2) is 47.5 Å². The van der Waals surface area contributed by atoms with E-state index < -0.39 is 0 Å². The summed E-state index contributed by atoms with van der Waals surface area (Å²) in [5.41, 5.74) is 6.54. The highest BCUT2D eigenvalue weighted by molar-refractivity contribution is 5.94. The monoisotopic (exact) mass is 403 g/mol. The molecular weight excluding hydrogens is 370 g/mol. The van der Waals surface area contributed by atoms with Gasteiger partial charge < -0.3 is 14.4 Å². The van der Waals surface area contributed by atoms with E-state index in [1.54, 1.807) is 0 Å². The Bertz CT molecular complexity index is 989. The lowest BCUT2D eigenvalue weighted by atomic mass is 10.1. The van der Waals surface area contributed by atoms with Crippen LogP contribution in [0.25, 0.3) is 0 Å². The molecule has 3 rings (SSSR count). The molecule has 0 atom stereocenters. The molecule has 0 aliphatic rings. The largest absolute Gasteiger partial charge is 0.336 e. The Labute approximate surface area is 180 Å². The highest BCUT2D eigenvalue weighted by atomic mass is 16.2. The Morgan fingerprint density at radius 1 is 0.867 bits per heavy atom. The fourth-order valence-corrected chi connectivity index (χ4v) is 3.86. The third-order valence-corrected chi connectivity index (χ3v) is 5.44. The fourth-order valence-electron chi connectivity index (χ4n) is 3.86. The molecule has 0 spiro atoms. The van der Waals surface area contributed by atoms with Crippen LogP contribution >= 0.6 is 0 Å². The van der Waals surface area contributed by atoms with Gasteiger partial charge in [-0.3, -0.25) is 4.79 Å². The van der Waals surface area contributed by atoms with Gasteiger partial charge in [0, 0.05) is 31.9 Å². The first-order valence-electron chi connectivity index (χ1n) is 10.6. The molecule has 3 aromatic rings. The van der Waals surface area contributed by atoms with E-state index in [-0.39, 0.29) is 5.91 Å². The maximum Gasteiger partial charge on any atom is 0.271 e. The third-order valence-electron chi connectivity index (χ3n) is 5.44. The number of amides is 1. The topological polar surface area (TPSA) is 28.5 Å². The van der Waals surface area contributed by atoms with Crippen LogP contribution in [-0.2, 0) is 13.1 Å². The highest BCUT2D eigenvalue weighted by Crippen LogP contribution is 2.21. The Morgan fingerprint density at radius 3 is 2.23 bits per heavy atom. The summed E-state index contributed by atoms with van der Waals surface area (Å²) in [6.07, 6.45) is 0. The number of aromatic nitrogens is 1. The zero-order chi connectivity index (χ0) is 21.7. The van der Waals surface area contributed by atoms with E-state index >= 15 is 0 Å². The van der Waals surface area contributed by atoms with E-state index in [0.29, 0.717) is 19.6 Å². The van der Waals surface area contributed by atoms with Gasteiger partial charge in [-0.05, 0) is 57.6 Å². The fraction of sp³-hybridized carbons (Fsp3) is 0.346. The summed E-state index contributed by atoms with van der Waals surface area (Å²) in [7, 11) is 4.09. The summed E-state index contributed by atoms with van der Waals surface area (Å²) < 4.78 is 2.17. The summed E-state index contributed by atoms with van der Waals surface area (Å²) >= 11 is 0. The number of benzene rings is 2. The van der Waals surface area contributed by atoms with Crippen molar-refractivity contribution < 1.29 is 4.79 Å². The van der Waals surface area contributed by atoms with Gasteiger partial charge in [0.25, 0.3) is 5.91 Å². The zero-order valence-electron chi connectivity index (χ0n) is 18.9. The minimum absolute atomic E-state index is 0.0963. The second-order valence-corrected chi connectivity index (χ2v) is 8.41. The van der Waals surface area contributed by atoms with Crippen molar-refractivity contribution in [2.45, 2.75) is 33.9 Å². The van der Waals surface area contributed by atoms with Gasteiger partial charge in [-0.15, -0.1) is 0 Å². The lowest BCUT2D eigenvalue weighted by molar-refractivity contribution is 0.0720. The van der Waals surface area contributed by atoms with Crippen LogP contribution in [0.2, 0.25) is 0 Å². The molecule has 0 saturated carbocycles. The van der Waals surface area contributed by atoms with Crippen LogP contribution in [0, 0.1) is 20.8 Å². The quantitative estimate of drug-likeness (QED) is 0.547. The first-order chi connectivity index (χ1) is 14.3. The van der Waals surface area contributed by atoms with Gasteiger partial charge >= 0.3 is 0 Å². The second-order valence-electron chi connectivity index (χ2n) is 8.41. The number of rotatable bonds is 8. The summed E-state index contributed by atoms with van der Waals surface area (Å²) in [5.74, 6) is 0.0963. The molecule has 0 saturated heterocycles. The summed E-state index contributed by atoms with van der Waals surface area (Å²) in [4.78, 5) is 17.9. The van der Waals surface area contributed by atoms with Gasteiger partial charge in [0.05, 0.1) is 0 Å². The minimum atomic E-state index is 0.0963. The lowest BCUT2D eigenvalue weighted by Crippen LogP contribution is -2.37. The first-order valence-corrected chi connectivity index (χ1v) is 10.6. The lowest BCUT2D eigenvalue weighted by Gasteiger charge is -2.26. The third kappa shape index (κ3) is 5.39. The van der Waals surface area contributed by atoms with E-state index in [9.17, 15) is 4.79 Å². The molecule has 4 heteroatoms. The Hall–Kier alpha value is -2.85. The van der Waals surface area contributed by atoms with Gasteiger partial charge in [0.1, 0.15) is 5.69 Å². The molecule has 0 fully saturated rings. The first kappa shape index (κ1) is 21.8. The molecular formula is C26H33N3O. The van der Waals surface area contributed by atoms with Crippen LogP contribution in [0.4, 0.5) is 0 Å². The van der Waals surface area contributed by atoms with Gasteiger partial charge in [-0.25, -0.2) is 0 Å². The molecule has 4 nitrogen and oxygen atoms in total. The van der Waals surface area contributed by atoms with E-state index in [0.717, 1.165) is 29.1 Å². The van der Waals surface area contributed by atoms with Crippen molar-refractivity contribution in [1.82, 2.24) is 14.4 Å². The van der Waals surface area contributed by atoms with Crippen LogP contribution in [0.5, 0.6) is 0 Å². The molecule has 0 aliphatic heterocycles. The number of nitrogens with zero attached hydrogens (tertiary/aromatic N) is 3. The smallest absolute Gasteiger partial charge is 0.271 e. The number of carbonyl (C=O) groups is 1. The van der Waals surface area contributed by atoms with Crippen molar-refractivity contribution in [3.05, 3.63) is 94.3 Å². The number of aryl methyl sites for hydroxylation is 3. The molecule has 0 bridgehead atoms. The molecule has 0 aliphatic carbocycles. The van der Waals surface area contributed by atoms with Crippen LogP contribution in [0.15, 0.2) is 60.7 Å². The van der Waals surface area contributed by atoms with E-state index in [2.05, 4.69) is 65.8 Å². The summed E-state index contributed by atoms with van der Waals surface area (Å²) in [5, 5.41) is 0. The van der Waals surface area contributed by atoms with Crippen molar-refractivity contribution >= 4 is 5.91 Å². The Balaban J connectivity index is 1.93. The minimum Gasteiger partial charge on any atom is -0.336 e. The molecule has 0 radical (unpaired) electrons. The van der Waals surface area contributed by atoms with Crippen molar-refractivity contribution in [2.24, 2.45) is 0 Å². The van der Waals surface area contributed by atoms with Crippen molar-refractivity contribution in [2.75, 3.05) is 27.2 Å². The molecule has 30 heavy (non-hydrogen) atoms. The summed E-state index contributed by atoms with van der Waals surface area (Å²) in [6, 6.07) is 20.9. The van der Waals surface area contributed by atoms with Crippen LogP contribution in [0.3, 0.4) is 0 Å². The normalized spacial score (nSPS) is 11.1. The zero-order valence-corrected chi connectivity index (χ0v) is 18.9. The van der Waals surface area contributed by atoms with Gasteiger partial charge in [-0.1, -0.05) is 60.2 Å². The van der Waals surface area contributed by atoms with Crippen molar-refractivity contribution in [3.63, 3.8) is 0 Å². The van der Waals surface area contributed by atoms with Gasteiger partial charge in [0.2, 0.25) is 0 Å². The van der Waals surface area contributed by atoms with Gasteiger partial charge in [0.15, 0.2) is 0 Å². The molecule has 0 N–H and O–H groups in total. The number of carbonyl (C=O) groups excluding carboxylic acids is 1. The molecule has 0 unspecified atom stereocenters. The van der Waals surface area contributed by atoms with E-state index in [1.807, 2.05) is 44.1 Å². The number of hydrogen-bond acceptors (Lipinski definition) is 2. The summed E-state index contributed by atoms with van der Waals surface area (Å²) in [6.45, 7) is 9.06. The predicted octanol–water partition coefficient (Wildman–Crippen LogP) is 4.67. The SMILES string of the molecule is Cc1cccc(Cn2c(C)cc(C)c2C(=O)N(CCN(C)C)Cc2ccccc2)c1. The second kappa shape index (κ2) is 9.77. The standard InChI is InChI=1S/C26H33N3O/c1-20-10-9-13-24(16-20)19-29-22(3)17-21(2)25(29)26(30)28(15-14-27(4)5)18-23-11-7-6-8-12-23/h6-13,16-17H,14-15,18-19H2,1-5H3. The average molecular weight is 404 g/mol. The Morgan fingerprint density at radius 2 is 1.57 bits per heavy atom. The number of likely N-dealkylation sites (N-methyl/N-ethyl adjacent to an activating group) is 1. The molecule has 158 valence electrons. The van der Waals surface area contributed by atoms with Crippen molar-refractivity contribution in [1.29, 1.82) is 0 Å². The van der Waals surface area contributed by atoms with E-state index in [1.165, 1.54) is 11.1 Å². The Kier molecular flexibility index (Phi) is 7.11. The molecule has 1 aromatic heterocycles. The maximum atomic E-state index is 13.8. The highest BCUT2D eigenvalue weighted by Gasteiger charge is 2.23. The average Bonchev–Trinajstić information content (AvgIpc) is 2.98. The van der Waals surface area contributed by atoms with Crippen LogP contribution in [0.1, 0.15) is 38.4 Å². The maximum absolute atomic E-state index is 13.8. The van der Waals surface area contributed by atoms with Crippen molar-refractivity contribution in [3.8, 4) is 0 Å². The van der Waals surface area contributed by atoms with Gasteiger partial charge in [-0.2, -0.15) is 0 Å². The van der Waals surface area contributed by atoms with Crippen LogP contribution < -0.4 is 0 Å². The molecule has 1 amide bonds. The predicted molar refractivity (Wildman–Crippen MR) is 124 cm³/mol. The number of hydrogen-bond donors (Lipinski definition) is 0. The van der Waals surface area contributed by atoms with E-state index in [4.69, 9.17) is 0 Å². The molecule has 1 heterocycles.